The summed E-state index contributed by atoms with van der Waals surface area (Å²) in [4.78, 5) is 17.2. The highest BCUT2D eigenvalue weighted by atomic mass is 32.2. The first kappa shape index (κ1) is 23.4. The number of hydrogen-bond acceptors (Lipinski definition) is 6. The summed E-state index contributed by atoms with van der Waals surface area (Å²) in [6.07, 6.45) is 2.04. The van der Waals surface area contributed by atoms with Crippen LogP contribution in [0.25, 0.3) is 0 Å². The molecule has 0 aliphatic carbocycles. The summed E-state index contributed by atoms with van der Waals surface area (Å²) < 4.78 is 38.2. The van der Waals surface area contributed by atoms with E-state index in [1.54, 1.807) is 11.0 Å². The van der Waals surface area contributed by atoms with Crippen LogP contribution in [0.5, 0.6) is 11.5 Å². The number of sulfonamides is 1. The number of aryl methyl sites for hydroxylation is 1. The standard InChI is InChI=1S/C24H31N3O5S/c1-18-8-9-19-6-4-5-7-21(19)27(18)17-24(28)25-12-14-26(15-13-25)33(29,30)20-10-11-22(31-2)23(16-20)32-3/h4-7,10-11,16,18H,8-9,12-15,17H2,1-3H3/t18-/m1/s1. The van der Waals surface area contributed by atoms with Gasteiger partial charge in [-0.15, -0.1) is 0 Å². The summed E-state index contributed by atoms with van der Waals surface area (Å²) in [6.45, 7) is 3.71. The molecule has 0 aromatic heterocycles. The third-order valence-electron chi connectivity index (χ3n) is 6.55. The van der Waals surface area contributed by atoms with E-state index >= 15 is 0 Å². The van der Waals surface area contributed by atoms with Gasteiger partial charge >= 0.3 is 0 Å². The zero-order valence-corrected chi connectivity index (χ0v) is 20.2. The second-order valence-electron chi connectivity index (χ2n) is 8.45. The number of methoxy groups -OCH3 is 2. The molecule has 2 aliphatic rings. The van der Waals surface area contributed by atoms with E-state index in [4.69, 9.17) is 9.47 Å². The summed E-state index contributed by atoms with van der Waals surface area (Å²) in [5.41, 5.74) is 2.40. The zero-order valence-electron chi connectivity index (χ0n) is 19.4. The third-order valence-corrected chi connectivity index (χ3v) is 8.45. The van der Waals surface area contributed by atoms with Gasteiger partial charge in [0.1, 0.15) is 0 Å². The first-order chi connectivity index (χ1) is 15.8. The van der Waals surface area contributed by atoms with Crippen LogP contribution in [0.4, 0.5) is 5.69 Å². The number of benzene rings is 2. The molecule has 1 saturated heterocycles. The number of nitrogens with zero attached hydrogens (tertiary/aromatic N) is 3. The molecule has 8 nitrogen and oxygen atoms in total. The molecule has 2 heterocycles. The van der Waals surface area contributed by atoms with Crippen molar-refractivity contribution in [3.63, 3.8) is 0 Å². The number of fused-ring (bicyclic) bond motifs is 1. The van der Waals surface area contributed by atoms with Gasteiger partial charge in [0.2, 0.25) is 15.9 Å². The maximum Gasteiger partial charge on any atom is 0.243 e. The lowest BCUT2D eigenvalue weighted by Gasteiger charge is -2.39. The van der Waals surface area contributed by atoms with E-state index in [2.05, 4.69) is 24.0 Å². The van der Waals surface area contributed by atoms with Gasteiger partial charge in [0.15, 0.2) is 11.5 Å². The predicted molar refractivity (Wildman–Crippen MR) is 126 cm³/mol. The van der Waals surface area contributed by atoms with E-state index in [0.717, 1.165) is 18.5 Å². The molecule has 0 saturated carbocycles. The Morgan fingerprint density at radius 1 is 1.00 bits per heavy atom. The van der Waals surface area contributed by atoms with E-state index in [1.165, 1.54) is 36.2 Å². The summed E-state index contributed by atoms with van der Waals surface area (Å²) in [5.74, 6) is 0.866. The minimum atomic E-state index is -3.70. The Morgan fingerprint density at radius 3 is 2.39 bits per heavy atom. The van der Waals surface area contributed by atoms with E-state index < -0.39 is 10.0 Å². The lowest BCUT2D eigenvalue weighted by atomic mass is 9.96. The Kier molecular flexibility index (Phi) is 6.81. The number of para-hydroxylation sites is 1. The van der Waals surface area contributed by atoms with Crippen LogP contribution in [-0.2, 0) is 21.2 Å². The molecule has 1 atom stereocenters. The average molecular weight is 474 g/mol. The maximum absolute atomic E-state index is 13.1. The second-order valence-corrected chi connectivity index (χ2v) is 10.4. The Labute approximate surface area is 195 Å². The molecule has 2 aromatic carbocycles. The molecule has 33 heavy (non-hydrogen) atoms. The smallest absolute Gasteiger partial charge is 0.243 e. The predicted octanol–water partition coefficient (Wildman–Crippen LogP) is 2.38. The summed E-state index contributed by atoms with van der Waals surface area (Å²) in [7, 11) is -0.717. The fourth-order valence-electron chi connectivity index (χ4n) is 4.55. The lowest BCUT2D eigenvalue weighted by Crippen LogP contribution is -2.53. The summed E-state index contributed by atoms with van der Waals surface area (Å²) in [5, 5.41) is 0. The molecule has 0 bridgehead atoms. The number of carbonyl (C=O) groups is 1. The van der Waals surface area contributed by atoms with Crippen molar-refractivity contribution >= 4 is 21.6 Å². The molecular formula is C24H31N3O5S. The highest BCUT2D eigenvalue weighted by Crippen LogP contribution is 2.32. The van der Waals surface area contributed by atoms with E-state index in [-0.39, 0.29) is 29.9 Å². The molecule has 178 valence electrons. The minimum absolute atomic E-state index is 0.0294. The molecule has 1 amide bonds. The van der Waals surface area contributed by atoms with Crippen LogP contribution in [0.2, 0.25) is 0 Å². The topological polar surface area (TPSA) is 79.4 Å². The van der Waals surface area contributed by atoms with Crippen LogP contribution in [0.15, 0.2) is 47.4 Å². The van der Waals surface area contributed by atoms with Gasteiger partial charge in [0, 0.05) is 44.0 Å². The van der Waals surface area contributed by atoms with Crippen molar-refractivity contribution in [3.8, 4) is 11.5 Å². The van der Waals surface area contributed by atoms with Crippen molar-refractivity contribution in [2.24, 2.45) is 0 Å². The molecule has 0 N–H and O–H groups in total. The van der Waals surface area contributed by atoms with Crippen LogP contribution in [0.3, 0.4) is 0 Å². The van der Waals surface area contributed by atoms with Crippen molar-refractivity contribution in [3.05, 3.63) is 48.0 Å². The van der Waals surface area contributed by atoms with Crippen LogP contribution in [0, 0.1) is 0 Å². The van der Waals surface area contributed by atoms with Gasteiger partial charge in [-0.05, 0) is 43.5 Å². The quantitative estimate of drug-likeness (QED) is 0.641. The van der Waals surface area contributed by atoms with Crippen LogP contribution in [-0.4, -0.2) is 76.5 Å². The number of ether oxygens (including phenoxy) is 2. The molecule has 0 spiro atoms. The van der Waals surface area contributed by atoms with Crippen molar-refractivity contribution in [1.82, 2.24) is 9.21 Å². The Hall–Kier alpha value is -2.78. The third kappa shape index (κ3) is 4.65. The Balaban J connectivity index is 1.41. The molecule has 0 unspecified atom stereocenters. The Bertz CT molecular complexity index is 1110. The maximum atomic E-state index is 13.1. The molecule has 2 aromatic rings. The fourth-order valence-corrected chi connectivity index (χ4v) is 5.99. The van der Waals surface area contributed by atoms with Gasteiger partial charge in [0.05, 0.1) is 25.7 Å². The van der Waals surface area contributed by atoms with Gasteiger partial charge in [0.25, 0.3) is 0 Å². The van der Waals surface area contributed by atoms with Gasteiger partial charge in [-0.2, -0.15) is 4.31 Å². The molecular weight excluding hydrogens is 442 g/mol. The SMILES string of the molecule is COc1ccc(S(=O)(=O)N2CCN(C(=O)CN3c4ccccc4CC[C@H]3C)CC2)cc1OC. The van der Waals surface area contributed by atoms with Crippen LogP contribution >= 0.6 is 0 Å². The highest BCUT2D eigenvalue weighted by molar-refractivity contribution is 7.89. The number of amides is 1. The molecule has 9 heteroatoms. The highest BCUT2D eigenvalue weighted by Gasteiger charge is 2.32. The van der Waals surface area contributed by atoms with Crippen molar-refractivity contribution < 1.29 is 22.7 Å². The first-order valence-electron chi connectivity index (χ1n) is 11.2. The molecule has 4 rings (SSSR count). The number of rotatable bonds is 6. The average Bonchev–Trinajstić information content (AvgIpc) is 2.85. The molecule has 0 radical (unpaired) electrons. The largest absolute Gasteiger partial charge is 0.493 e. The number of piperazine rings is 1. The molecule has 2 aliphatic heterocycles. The number of carbonyl (C=O) groups excluding carboxylic acids is 1. The number of anilines is 1. The Morgan fingerprint density at radius 2 is 1.70 bits per heavy atom. The van der Waals surface area contributed by atoms with Crippen molar-refractivity contribution in [1.29, 1.82) is 0 Å². The fraction of sp³-hybridized carbons (Fsp3) is 0.458. The van der Waals surface area contributed by atoms with Gasteiger partial charge in [-0.1, -0.05) is 18.2 Å². The van der Waals surface area contributed by atoms with Gasteiger partial charge in [-0.3, -0.25) is 4.79 Å². The van der Waals surface area contributed by atoms with Gasteiger partial charge in [-0.25, -0.2) is 8.42 Å². The second kappa shape index (κ2) is 9.61. The summed E-state index contributed by atoms with van der Waals surface area (Å²) >= 11 is 0. The van der Waals surface area contributed by atoms with E-state index in [9.17, 15) is 13.2 Å². The van der Waals surface area contributed by atoms with Crippen molar-refractivity contribution in [2.45, 2.75) is 30.7 Å². The monoisotopic (exact) mass is 473 g/mol. The number of hydrogen-bond donors (Lipinski definition) is 0. The summed E-state index contributed by atoms with van der Waals surface area (Å²) in [6, 6.07) is 13.1. The normalized spacial score (nSPS) is 19.2. The molecule has 1 fully saturated rings. The van der Waals surface area contributed by atoms with Crippen LogP contribution < -0.4 is 14.4 Å². The minimum Gasteiger partial charge on any atom is -0.493 e. The van der Waals surface area contributed by atoms with Gasteiger partial charge < -0.3 is 19.3 Å². The van der Waals surface area contributed by atoms with E-state index in [1.807, 2.05) is 12.1 Å². The van der Waals surface area contributed by atoms with Crippen LogP contribution in [0.1, 0.15) is 18.9 Å². The zero-order chi connectivity index (χ0) is 23.6. The lowest BCUT2D eigenvalue weighted by molar-refractivity contribution is -0.131. The van der Waals surface area contributed by atoms with Crippen molar-refractivity contribution in [2.75, 3.05) is 51.8 Å². The first-order valence-corrected chi connectivity index (χ1v) is 12.6. The van der Waals surface area contributed by atoms with E-state index in [0.29, 0.717) is 31.1 Å².